The predicted octanol–water partition coefficient (Wildman–Crippen LogP) is 5.80. The SMILES string of the molecule is Cl[Si](Cl)(Cl)/C1=C\C=C/CCCCCCCC1. The van der Waals surface area contributed by atoms with Crippen LogP contribution in [0.5, 0.6) is 0 Å². The summed E-state index contributed by atoms with van der Waals surface area (Å²) in [6, 6.07) is -2.65. The maximum Gasteiger partial charge on any atom is 0.368 e. The van der Waals surface area contributed by atoms with Crippen molar-refractivity contribution < 1.29 is 0 Å². The van der Waals surface area contributed by atoms with Crippen LogP contribution in [0.25, 0.3) is 0 Å². The fourth-order valence-electron chi connectivity index (χ4n) is 1.88. The fourth-order valence-corrected chi connectivity index (χ4v) is 4.05. The Hall–Kier alpha value is 0.567. The zero-order valence-electron chi connectivity index (χ0n) is 9.52. The van der Waals surface area contributed by atoms with E-state index in [0.29, 0.717) is 0 Å². The van der Waals surface area contributed by atoms with Crippen LogP contribution in [0, 0.1) is 0 Å². The van der Waals surface area contributed by atoms with Gasteiger partial charge in [0.25, 0.3) is 0 Å². The van der Waals surface area contributed by atoms with Gasteiger partial charge >= 0.3 is 6.00 Å². The maximum atomic E-state index is 6.07. The number of allylic oxidation sites excluding steroid dienone is 4. The lowest BCUT2D eigenvalue weighted by Gasteiger charge is -2.13. The van der Waals surface area contributed by atoms with Crippen molar-refractivity contribution in [2.75, 3.05) is 0 Å². The third-order valence-corrected chi connectivity index (χ3v) is 6.19. The summed E-state index contributed by atoms with van der Waals surface area (Å²) < 4.78 is 0. The topological polar surface area (TPSA) is 0 Å². The van der Waals surface area contributed by atoms with Crippen LogP contribution in [-0.4, -0.2) is 6.00 Å². The maximum absolute atomic E-state index is 6.07. The van der Waals surface area contributed by atoms with E-state index < -0.39 is 6.00 Å². The molecule has 0 N–H and O–H groups in total. The molecule has 92 valence electrons. The highest BCUT2D eigenvalue weighted by molar-refractivity contribution is 7.67. The minimum absolute atomic E-state index is 0.951. The summed E-state index contributed by atoms with van der Waals surface area (Å²) >= 11 is 18.2. The molecular formula is C12H19Cl3Si. The molecule has 0 saturated carbocycles. The molecule has 1 aliphatic carbocycles. The monoisotopic (exact) mass is 296 g/mol. The second-order valence-corrected chi connectivity index (χ2v) is 12.8. The van der Waals surface area contributed by atoms with E-state index in [1.807, 2.05) is 6.08 Å². The van der Waals surface area contributed by atoms with E-state index in [9.17, 15) is 0 Å². The summed E-state index contributed by atoms with van der Waals surface area (Å²) in [6.45, 7) is 0. The van der Waals surface area contributed by atoms with Crippen molar-refractivity contribution in [3.8, 4) is 0 Å². The molecule has 1 rings (SSSR count). The third kappa shape index (κ3) is 6.34. The van der Waals surface area contributed by atoms with Crippen molar-refractivity contribution >= 4 is 39.2 Å². The van der Waals surface area contributed by atoms with Gasteiger partial charge in [-0.25, -0.2) is 0 Å². The van der Waals surface area contributed by atoms with E-state index in [1.54, 1.807) is 0 Å². The predicted molar refractivity (Wildman–Crippen MR) is 77.5 cm³/mol. The second kappa shape index (κ2) is 7.81. The molecule has 0 unspecified atom stereocenters. The standard InChI is InChI=1S/C12H19Cl3Si/c13-16(14,15)12-10-8-6-4-2-1-3-5-7-9-11-12/h6,8,10H,1-5,7,9,11H2/b8-6-,12-10-. The van der Waals surface area contributed by atoms with Gasteiger partial charge < -0.3 is 0 Å². The first-order valence-electron chi connectivity index (χ1n) is 6.03. The van der Waals surface area contributed by atoms with E-state index in [4.69, 9.17) is 33.2 Å². The van der Waals surface area contributed by atoms with E-state index >= 15 is 0 Å². The Bertz CT molecular complexity index is 253. The molecule has 0 aromatic rings. The smallest absolute Gasteiger partial charge is 0.121 e. The van der Waals surface area contributed by atoms with Crippen molar-refractivity contribution in [1.82, 2.24) is 0 Å². The van der Waals surface area contributed by atoms with Gasteiger partial charge in [-0.15, -0.1) is 33.2 Å². The van der Waals surface area contributed by atoms with Gasteiger partial charge in [0, 0.05) is 0 Å². The van der Waals surface area contributed by atoms with Gasteiger partial charge in [0.05, 0.1) is 0 Å². The summed E-state index contributed by atoms with van der Waals surface area (Å²) in [4.78, 5) is 0. The van der Waals surface area contributed by atoms with Crippen LogP contribution in [0.4, 0.5) is 0 Å². The highest BCUT2D eigenvalue weighted by atomic mass is 35.8. The van der Waals surface area contributed by atoms with Crippen LogP contribution >= 0.6 is 33.2 Å². The van der Waals surface area contributed by atoms with Crippen LogP contribution < -0.4 is 0 Å². The molecule has 1 aliphatic rings. The molecule has 0 aliphatic heterocycles. The first kappa shape index (κ1) is 14.6. The Morgan fingerprint density at radius 1 is 0.875 bits per heavy atom. The quantitative estimate of drug-likeness (QED) is 0.424. The molecule has 0 aromatic heterocycles. The van der Waals surface area contributed by atoms with Gasteiger partial charge in [0.15, 0.2) is 0 Å². The van der Waals surface area contributed by atoms with E-state index in [0.717, 1.165) is 24.5 Å². The first-order chi connectivity index (χ1) is 7.61. The van der Waals surface area contributed by atoms with Gasteiger partial charge in [-0.1, -0.05) is 43.9 Å². The largest absolute Gasteiger partial charge is 0.368 e. The molecular weight excluding hydrogens is 279 g/mol. The van der Waals surface area contributed by atoms with Crippen LogP contribution in [0.1, 0.15) is 51.4 Å². The average molecular weight is 298 g/mol. The molecule has 0 amide bonds. The van der Waals surface area contributed by atoms with Crippen LogP contribution in [0.2, 0.25) is 0 Å². The molecule has 0 aromatic carbocycles. The molecule has 16 heavy (non-hydrogen) atoms. The molecule has 0 heterocycles. The van der Waals surface area contributed by atoms with Gasteiger partial charge in [-0.3, -0.25) is 0 Å². The number of halogens is 3. The molecule has 0 nitrogen and oxygen atoms in total. The molecule has 4 heteroatoms. The van der Waals surface area contributed by atoms with Crippen LogP contribution in [-0.2, 0) is 0 Å². The van der Waals surface area contributed by atoms with Crippen molar-refractivity contribution in [2.45, 2.75) is 51.4 Å². The lowest BCUT2D eigenvalue weighted by molar-refractivity contribution is 0.598. The van der Waals surface area contributed by atoms with Crippen molar-refractivity contribution in [3.63, 3.8) is 0 Å². The number of hydrogen-bond donors (Lipinski definition) is 0. The Morgan fingerprint density at radius 2 is 1.50 bits per heavy atom. The zero-order chi connectivity index (χ0) is 11.9. The molecule has 0 bridgehead atoms. The summed E-state index contributed by atoms with van der Waals surface area (Å²) in [5.41, 5.74) is 0. The first-order valence-corrected chi connectivity index (χ1v) is 11.1. The minimum Gasteiger partial charge on any atom is -0.121 e. The van der Waals surface area contributed by atoms with Crippen molar-refractivity contribution in [2.24, 2.45) is 0 Å². The summed E-state index contributed by atoms with van der Waals surface area (Å²) in [7, 11) is 0. The normalized spacial score (nSPS) is 26.1. The highest BCUT2D eigenvalue weighted by Gasteiger charge is 2.29. The highest BCUT2D eigenvalue weighted by Crippen LogP contribution is 2.32. The van der Waals surface area contributed by atoms with Gasteiger partial charge in [0.2, 0.25) is 0 Å². The lowest BCUT2D eigenvalue weighted by Crippen LogP contribution is -2.14. The Morgan fingerprint density at radius 3 is 2.19 bits per heavy atom. The lowest BCUT2D eigenvalue weighted by atomic mass is 10.1. The van der Waals surface area contributed by atoms with Crippen LogP contribution in [0.3, 0.4) is 0 Å². The fraction of sp³-hybridized carbons (Fsp3) is 0.667. The Kier molecular flexibility index (Phi) is 7.14. The molecule has 0 spiro atoms. The van der Waals surface area contributed by atoms with E-state index in [1.165, 1.54) is 32.1 Å². The zero-order valence-corrected chi connectivity index (χ0v) is 12.8. The molecule has 0 saturated heterocycles. The van der Waals surface area contributed by atoms with Gasteiger partial charge in [0.1, 0.15) is 0 Å². The minimum atomic E-state index is -2.65. The number of rotatable bonds is 1. The van der Waals surface area contributed by atoms with Crippen molar-refractivity contribution in [1.29, 1.82) is 0 Å². The summed E-state index contributed by atoms with van der Waals surface area (Å²) in [5.74, 6) is 0. The molecule has 0 atom stereocenters. The van der Waals surface area contributed by atoms with Crippen LogP contribution in [0.15, 0.2) is 23.4 Å². The Balaban J connectivity index is 2.61. The molecule has 0 fully saturated rings. The summed E-state index contributed by atoms with van der Waals surface area (Å²) in [5, 5.41) is 1.05. The third-order valence-electron chi connectivity index (χ3n) is 2.86. The molecule has 0 radical (unpaired) electrons. The van der Waals surface area contributed by atoms with Crippen molar-refractivity contribution in [3.05, 3.63) is 23.4 Å². The summed E-state index contributed by atoms with van der Waals surface area (Å²) in [6.07, 6.45) is 16.1. The van der Waals surface area contributed by atoms with Gasteiger partial charge in [-0.2, -0.15) is 0 Å². The van der Waals surface area contributed by atoms with Gasteiger partial charge in [-0.05, 0) is 30.9 Å². The van der Waals surface area contributed by atoms with E-state index in [-0.39, 0.29) is 0 Å². The average Bonchev–Trinajstić information content (AvgIpc) is 2.16. The Labute approximate surface area is 114 Å². The second-order valence-electron chi connectivity index (χ2n) is 4.28. The number of hydrogen-bond acceptors (Lipinski definition) is 0. The van der Waals surface area contributed by atoms with E-state index in [2.05, 4.69) is 12.2 Å².